The number of rotatable bonds is 1. The maximum atomic E-state index is 13.2. The number of allylic oxidation sites excluding steroid dienone is 2. The Morgan fingerprint density at radius 2 is 1.82 bits per heavy atom. The molecule has 3 fully saturated rings. The standard InChI is InChI=1S/C28H36O6/c1-14-13-23(33-24(31)15(14)2)27(4)21-9-7-18-16-5-6-19-20(29)8-10-22(30)26(19,3)17(16)11-12-28(18,21)25(32)34-27/h6,8,10,16-18,20-21,23,25,29,32H,5,7,9,11-13H2,1-4H3/t16-,17+,18+,20+,21-,23?,25?,26-,27-,28-/m1/s1. The van der Waals surface area contributed by atoms with Crippen molar-refractivity contribution in [1.29, 1.82) is 0 Å². The molecule has 6 nitrogen and oxygen atoms in total. The van der Waals surface area contributed by atoms with Crippen LogP contribution in [0.5, 0.6) is 0 Å². The summed E-state index contributed by atoms with van der Waals surface area (Å²) in [5.41, 5.74) is 0.747. The Balaban J connectivity index is 1.36. The van der Waals surface area contributed by atoms with E-state index in [4.69, 9.17) is 9.47 Å². The lowest BCUT2D eigenvalue weighted by Gasteiger charge is -2.56. The van der Waals surface area contributed by atoms with Crippen molar-refractivity contribution in [2.45, 2.75) is 90.3 Å². The molecule has 2 unspecified atom stereocenters. The Hall–Kier alpha value is -1.76. The van der Waals surface area contributed by atoms with Crippen molar-refractivity contribution < 1.29 is 29.3 Å². The minimum atomic E-state index is -0.910. The highest BCUT2D eigenvalue weighted by atomic mass is 16.6. The predicted octanol–water partition coefficient (Wildman–Crippen LogP) is 3.62. The molecule has 6 aliphatic rings. The van der Waals surface area contributed by atoms with Gasteiger partial charge >= 0.3 is 5.97 Å². The fraction of sp³-hybridized carbons (Fsp3) is 0.714. The van der Waals surface area contributed by atoms with E-state index >= 15 is 0 Å². The van der Waals surface area contributed by atoms with Gasteiger partial charge in [0.05, 0.1) is 11.5 Å². The topological polar surface area (TPSA) is 93.1 Å². The second-order valence-corrected chi connectivity index (χ2v) is 12.1. The number of aliphatic hydroxyl groups excluding tert-OH is 2. The summed E-state index contributed by atoms with van der Waals surface area (Å²) < 4.78 is 12.3. The zero-order valence-corrected chi connectivity index (χ0v) is 20.5. The molecular formula is C28H36O6. The molecule has 10 atom stereocenters. The highest BCUT2D eigenvalue weighted by Gasteiger charge is 2.73. The average molecular weight is 469 g/mol. The second kappa shape index (κ2) is 7.14. The van der Waals surface area contributed by atoms with Crippen molar-refractivity contribution in [3.63, 3.8) is 0 Å². The molecule has 2 heterocycles. The molecule has 184 valence electrons. The lowest BCUT2D eigenvalue weighted by molar-refractivity contribution is -0.215. The molecule has 1 spiro atoms. The first-order chi connectivity index (χ1) is 16.0. The average Bonchev–Trinajstić information content (AvgIpc) is 3.30. The van der Waals surface area contributed by atoms with Crippen LogP contribution in [0.3, 0.4) is 0 Å². The Labute approximate surface area is 201 Å². The number of esters is 1. The zero-order chi connectivity index (χ0) is 24.2. The number of ether oxygens (including phenoxy) is 2. The predicted molar refractivity (Wildman–Crippen MR) is 124 cm³/mol. The lowest BCUT2D eigenvalue weighted by Crippen LogP contribution is -2.56. The summed E-state index contributed by atoms with van der Waals surface area (Å²) in [6, 6.07) is 0. The van der Waals surface area contributed by atoms with E-state index in [2.05, 4.69) is 6.08 Å². The molecule has 0 bridgehead atoms. The smallest absolute Gasteiger partial charge is 0.334 e. The maximum absolute atomic E-state index is 13.2. The van der Waals surface area contributed by atoms with Gasteiger partial charge in [-0.25, -0.2) is 4.79 Å². The molecule has 0 aromatic heterocycles. The Morgan fingerprint density at radius 1 is 1.06 bits per heavy atom. The number of carbonyl (C=O) groups is 2. The van der Waals surface area contributed by atoms with Crippen LogP contribution in [0, 0.1) is 34.5 Å². The summed E-state index contributed by atoms with van der Waals surface area (Å²) in [4.78, 5) is 25.7. The summed E-state index contributed by atoms with van der Waals surface area (Å²) in [6.07, 6.45) is 8.19. The largest absolute Gasteiger partial charge is 0.456 e. The first kappa shape index (κ1) is 22.7. The SMILES string of the molecule is CC1=C(C)C(=O)OC([C@]2(C)OC(O)[C@]34CC[C@H]5[C@@H](CC=C6[C@@H](O)C=CC(=O)[C@@]65C)[C@@H]3CC[C@@H]42)C1. The highest BCUT2D eigenvalue weighted by molar-refractivity contribution is 5.99. The van der Waals surface area contributed by atoms with Crippen molar-refractivity contribution in [2.24, 2.45) is 34.5 Å². The number of ketones is 1. The van der Waals surface area contributed by atoms with Crippen LogP contribution in [-0.4, -0.2) is 46.1 Å². The second-order valence-electron chi connectivity index (χ2n) is 12.1. The van der Waals surface area contributed by atoms with Gasteiger partial charge in [-0.3, -0.25) is 4.79 Å². The maximum Gasteiger partial charge on any atom is 0.334 e. The van der Waals surface area contributed by atoms with Gasteiger partial charge < -0.3 is 19.7 Å². The van der Waals surface area contributed by atoms with E-state index in [-0.39, 0.29) is 40.8 Å². The molecule has 6 heteroatoms. The fourth-order valence-corrected chi connectivity index (χ4v) is 9.17. The third-order valence-corrected chi connectivity index (χ3v) is 11.1. The van der Waals surface area contributed by atoms with Gasteiger partial charge in [-0.05, 0) is 95.3 Å². The third-order valence-electron chi connectivity index (χ3n) is 11.1. The minimum absolute atomic E-state index is 0.0871. The van der Waals surface area contributed by atoms with E-state index in [0.29, 0.717) is 12.0 Å². The summed E-state index contributed by atoms with van der Waals surface area (Å²) >= 11 is 0. The lowest BCUT2D eigenvalue weighted by atomic mass is 9.46. The van der Waals surface area contributed by atoms with Crippen molar-refractivity contribution >= 4 is 11.8 Å². The molecule has 0 amide bonds. The van der Waals surface area contributed by atoms with E-state index in [1.807, 2.05) is 20.8 Å². The number of aliphatic hydroxyl groups is 2. The van der Waals surface area contributed by atoms with E-state index in [9.17, 15) is 19.8 Å². The molecule has 0 radical (unpaired) electrons. The van der Waals surface area contributed by atoms with Gasteiger partial charge in [0.15, 0.2) is 12.1 Å². The molecule has 0 aromatic carbocycles. The summed E-state index contributed by atoms with van der Waals surface area (Å²) in [6.45, 7) is 7.83. The third kappa shape index (κ3) is 2.57. The molecule has 34 heavy (non-hydrogen) atoms. The van der Waals surface area contributed by atoms with Gasteiger partial charge in [-0.1, -0.05) is 11.6 Å². The molecule has 6 rings (SSSR count). The molecule has 2 N–H and O–H groups in total. The molecule has 2 saturated carbocycles. The number of cyclic esters (lactones) is 1. The van der Waals surface area contributed by atoms with Crippen LogP contribution in [0.1, 0.15) is 66.2 Å². The summed E-state index contributed by atoms with van der Waals surface area (Å²) in [5, 5.41) is 22.1. The first-order valence-corrected chi connectivity index (χ1v) is 12.9. The monoisotopic (exact) mass is 468 g/mol. The van der Waals surface area contributed by atoms with Gasteiger partial charge in [0.25, 0.3) is 0 Å². The van der Waals surface area contributed by atoms with Crippen molar-refractivity contribution in [2.75, 3.05) is 0 Å². The van der Waals surface area contributed by atoms with Crippen LogP contribution in [0.4, 0.5) is 0 Å². The van der Waals surface area contributed by atoms with Gasteiger partial charge in [0, 0.05) is 23.3 Å². The number of hydrogen-bond acceptors (Lipinski definition) is 6. The Morgan fingerprint density at radius 3 is 2.56 bits per heavy atom. The minimum Gasteiger partial charge on any atom is -0.456 e. The highest BCUT2D eigenvalue weighted by Crippen LogP contribution is 2.71. The van der Waals surface area contributed by atoms with E-state index in [1.165, 1.54) is 0 Å². The van der Waals surface area contributed by atoms with Gasteiger partial charge in [0.1, 0.15) is 11.7 Å². The van der Waals surface area contributed by atoms with Crippen LogP contribution >= 0.6 is 0 Å². The van der Waals surface area contributed by atoms with Crippen LogP contribution in [0.25, 0.3) is 0 Å². The molecule has 1 saturated heterocycles. The molecule has 2 aliphatic heterocycles. The van der Waals surface area contributed by atoms with Crippen LogP contribution in [0.2, 0.25) is 0 Å². The van der Waals surface area contributed by atoms with Crippen LogP contribution < -0.4 is 0 Å². The fourth-order valence-electron chi connectivity index (χ4n) is 9.17. The van der Waals surface area contributed by atoms with E-state index in [0.717, 1.165) is 43.3 Å². The Kier molecular flexibility index (Phi) is 4.77. The molecular weight excluding hydrogens is 432 g/mol. The van der Waals surface area contributed by atoms with Gasteiger partial charge in [0.2, 0.25) is 0 Å². The van der Waals surface area contributed by atoms with E-state index in [1.54, 1.807) is 19.1 Å². The molecule has 0 aromatic rings. The van der Waals surface area contributed by atoms with E-state index < -0.39 is 29.5 Å². The number of fused-ring (bicyclic) bond motifs is 4. The Bertz CT molecular complexity index is 1060. The van der Waals surface area contributed by atoms with Gasteiger partial charge in [-0.15, -0.1) is 0 Å². The van der Waals surface area contributed by atoms with Crippen molar-refractivity contribution in [1.82, 2.24) is 0 Å². The summed E-state index contributed by atoms with van der Waals surface area (Å²) in [7, 11) is 0. The van der Waals surface area contributed by atoms with Crippen LogP contribution in [0.15, 0.2) is 34.9 Å². The first-order valence-electron chi connectivity index (χ1n) is 12.9. The normalized spacial score (nSPS) is 51.9. The quantitative estimate of drug-likeness (QED) is 0.451. The van der Waals surface area contributed by atoms with Crippen molar-refractivity contribution in [3.8, 4) is 0 Å². The number of carbonyl (C=O) groups excluding carboxylic acids is 2. The molecule has 4 aliphatic carbocycles. The van der Waals surface area contributed by atoms with Gasteiger partial charge in [-0.2, -0.15) is 0 Å². The number of hydrogen-bond donors (Lipinski definition) is 2. The summed E-state index contributed by atoms with van der Waals surface area (Å²) in [5.74, 6) is 0.533. The van der Waals surface area contributed by atoms with Crippen LogP contribution in [-0.2, 0) is 19.1 Å². The zero-order valence-electron chi connectivity index (χ0n) is 20.5. The van der Waals surface area contributed by atoms with Crippen molar-refractivity contribution in [3.05, 3.63) is 34.9 Å².